The molecule has 0 unspecified atom stereocenters. The van der Waals surface area contributed by atoms with E-state index in [0.717, 1.165) is 51.4 Å². The SMILES string of the molecule is CC/C=C\C/C=C\C/C=C\C/C=C\C/C=C\C/C=C/CCCO. The first kappa shape index (κ1) is 21.4. The van der Waals surface area contributed by atoms with Crippen LogP contribution in [-0.4, -0.2) is 11.7 Å². The van der Waals surface area contributed by atoms with Crippen molar-refractivity contribution in [1.29, 1.82) is 0 Å². The number of rotatable bonds is 14. The Kier molecular flexibility index (Phi) is 19.0. The summed E-state index contributed by atoms with van der Waals surface area (Å²) in [6.07, 6.45) is 34.4. The fourth-order valence-electron chi connectivity index (χ4n) is 1.85. The summed E-state index contributed by atoms with van der Waals surface area (Å²) >= 11 is 0. The Labute approximate surface area is 143 Å². The number of allylic oxidation sites excluding steroid dienone is 12. The molecule has 0 aromatic heterocycles. The number of unbranched alkanes of at least 4 members (excludes halogenated alkanes) is 1. The third kappa shape index (κ3) is 20.4. The van der Waals surface area contributed by atoms with Crippen molar-refractivity contribution >= 4 is 0 Å². The van der Waals surface area contributed by atoms with E-state index in [1.165, 1.54) is 0 Å². The molecule has 23 heavy (non-hydrogen) atoms. The van der Waals surface area contributed by atoms with Gasteiger partial charge in [-0.1, -0.05) is 79.8 Å². The highest BCUT2D eigenvalue weighted by Crippen LogP contribution is 1.97. The van der Waals surface area contributed by atoms with Crippen LogP contribution in [0.2, 0.25) is 0 Å². The molecule has 0 radical (unpaired) electrons. The van der Waals surface area contributed by atoms with E-state index in [1.54, 1.807) is 0 Å². The second kappa shape index (κ2) is 20.4. The molecule has 0 heterocycles. The standard InChI is InChI=1S/C22H34O/c1-2-3-4-5-6-7-8-9-10-11-12-13-14-15-16-17-18-19-20-21-22-23/h3-4,6-7,9-10,12-13,15-16,18-19,23H,2,5,8,11,14,17,20-22H2,1H3/b4-3-,7-6-,10-9-,13-12-,16-15-,19-18+. The van der Waals surface area contributed by atoms with E-state index in [1.807, 2.05) is 0 Å². The lowest BCUT2D eigenvalue weighted by Gasteiger charge is -1.87. The number of hydrogen-bond donors (Lipinski definition) is 1. The van der Waals surface area contributed by atoms with Crippen LogP contribution >= 0.6 is 0 Å². The largest absolute Gasteiger partial charge is 0.396 e. The molecule has 0 spiro atoms. The molecule has 0 rings (SSSR count). The van der Waals surface area contributed by atoms with Gasteiger partial charge in [0.05, 0.1) is 0 Å². The second-order valence-electron chi connectivity index (χ2n) is 5.28. The molecule has 1 N–H and O–H groups in total. The quantitative estimate of drug-likeness (QED) is 0.288. The Bertz CT molecular complexity index is 394. The van der Waals surface area contributed by atoms with Gasteiger partial charge in [-0.25, -0.2) is 0 Å². The minimum atomic E-state index is 0.284. The fraction of sp³-hybridized carbons (Fsp3) is 0.455. The van der Waals surface area contributed by atoms with Crippen molar-refractivity contribution in [3.63, 3.8) is 0 Å². The number of hydrogen-bond acceptors (Lipinski definition) is 1. The van der Waals surface area contributed by atoms with Gasteiger partial charge in [-0.15, -0.1) is 0 Å². The van der Waals surface area contributed by atoms with Crippen LogP contribution in [0, 0.1) is 0 Å². The Hall–Kier alpha value is -1.60. The molecule has 0 saturated heterocycles. The van der Waals surface area contributed by atoms with Crippen molar-refractivity contribution in [1.82, 2.24) is 0 Å². The molecule has 0 amide bonds. The highest BCUT2D eigenvalue weighted by atomic mass is 16.2. The van der Waals surface area contributed by atoms with Gasteiger partial charge in [0, 0.05) is 6.61 Å². The number of aliphatic hydroxyl groups excluding tert-OH is 1. The molecule has 0 aromatic rings. The highest BCUT2D eigenvalue weighted by molar-refractivity contribution is 5.01. The molecule has 0 aliphatic carbocycles. The van der Waals surface area contributed by atoms with E-state index in [2.05, 4.69) is 79.8 Å². The first-order valence-electron chi connectivity index (χ1n) is 8.92. The lowest BCUT2D eigenvalue weighted by Crippen LogP contribution is -1.77. The molecule has 128 valence electrons. The number of aliphatic hydroxyl groups is 1. The van der Waals surface area contributed by atoms with Crippen LogP contribution in [0.5, 0.6) is 0 Å². The predicted octanol–water partition coefficient (Wildman–Crippen LogP) is 6.46. The second-order valence-corrected chi connectivity index (χ2v) is 5.28. The zero-order chi connectivity index (χ0) is 16.8. The maximum absolute atomic E-state index is 8.64. The molecular formula is C22H34O. The third-order valence-electron chi connectivity index (χ3n) is 3.13. The van der Waals surface area contributed by atoms with E-state index < -0.39 is 0 Å². The minimum Gasteiger partial charge on any atom is -0.396 e. The minimum absolute atomic E-state index is 0.284. The molecule has 0 aromatic carbocycles. The van der Waals surface area contributed by atoms with Gasteiger partial charge in [-0.05, 0) is 51.4 Å². The Morgan fingerprint density at radius 3 is 1.22 bits per heavy atom. The highest BCUT2D eigenvalue weighted by Gasteiger charge is 1.78. The van der Waals surface area contributed by atoms with Crippen molar-refractivity contribution in [2.75, 3.05) is 6.61 Å². The van der Waals surface area contributed by atoms with Crippen LogP contribution in [0.3, 0.4) is 0 Å². The summed E-state index contributed by atoms with van der Waals surface area (Å²) in [6, 6.07) is 0. The summed E-state index contributed by atoms with van der Waals surface area (Å²) in [5.74, 6) is 0. The maximum atomic E-state index is 8.64. The van der Waals surface area contributed by atoms with Gasteiger partial charge in [0.1, 0.15) is 0 Å². The monoisotopic (exact) mass is 314 g/mol. The summed E-state index contributed by atoms with van der Waals surface area (Å²) in [7, 11) is 0. The van der Waals surface area contributed by atoms with Gasteiger partial charge in [0.15, 0.2) is 0 Å². The van der Waals surface area contributed by atoms with Gasteiger partial charge in [-0.2, -0.15) is 0 Å². The lowest BCUT2D eigenvalue weighted by molar-refractivity contribution is 0.289. The van der Waals surface area contributed by atoms with Crippen molar-refractivity contribution in [2.24, 2.45) is 0 Å². The maximum Gasteiger partial charge on any atom is 0.0433 e. The van der Waals surface area contributed by atoms with Gasteiger partial charge in [0.25, 0.3) is 0 Å². The zero-order valence-electron chi connectivity index (χ0n) is 14.7. The van der Waals surface area contributed by atoms with Crippen molar-refractivity contribution in [2.45, 2.75) is 58.3 Å². The van der Waals surface area contributed by atoms with Gasteiger partial charge in [0.2, 0.25) is 0 Å². The summed E-state index contributed by atoms with van der Waals surface area (Å²) in [5.41, 5.74) is 0. The van der Waals surface area contributed by atoms with Crippen LogP contribution in [0.15, 0.2) is 72.9 Å². The first-order chi connectivity index (χ1) is 11.4. The summed E-state index contributed by atoms with van der Waals surface area (Å²) in [5, 5.41) is 8.64. The van der Waals surface area contributed by atoms with Gasteiger partial charge in [-0.3, -0.25) is 0 Å². The van der Waals surface area contributed by atoms with E-state index in [-0.39, 0.29) is 6.61 Å². The molecule has 1 nitrogen and oxygen atoms in total. The van der Waals surface area contributed by atoms with Crippen LogP contribution in [-0.2, 0) is 0 Å². The molecule has 1 heteroatoms. The van der Waals surface area contributed by atoms with Crippen molar-refractivity contribution in [3.8, 4) is 0 Å². The van der Waals surface area contributed by atoms with E-state index in [0.29, 0.717) is 0 Å². The average molecular weight is 315 g/mol. The molecule has 0 fully saturated rings. The van der Waals surface area contributed by atoms with E-state index in [9.17, 15) is 0 Å². The third-order valence-corrected chi connectivity index (χ3v) is 3.13. The average Bonchev–Trinajstić information content (AvgIpc) is 2.57. The Morgan fingerprint density at radius 1 is 0.522 bits per heavy atom. The van der Waals surface area contributed by atoms with Gasteiger partial charge >= 0.3 is 0 Å². The van der Waals surface area contributed by atoms with Crippen molar-refractivity contribution in [3.05, 3.63) is 72.9 Å². The smallest absolute Gasteiger partial charge is 0.0433 e. The Morgan fingerprint density at radius 2 is 0.870 bits per heavy atom. The normalized spacial score (nSPS) is 13.3. The summed E-state index contributed by atoms with van der Waals surface area (Å²) in [4.78, 5) is 0. The van der Waals surface area contributed by atoms with Crippen LogP contribution in [0.25, 0.3) is 0 Å². The summed E-state index contributed by atoms with van der Waals surface area (Å²) in [6.45, 7) is 2.44. The first-order valence-corrected chi connectivity index (χ1v) is 8.92. The van der Waals surface area contributed by atoms with Crippen LogP contribution in [0.4, 0.5) is 0 Å². The van der Waals surface area contributed by atoms with E-state index in [4.69, 9.17) is 5.11 Å². The van der Waals surface area contributed by atoms with Crippen LogP contribution < -0.4 is 0 Å². The topological polar surface area (TPSA) is 20.2 Å². The Balaban J connectivity index is 3.47. The lowest BCUT2D eigenvalue weighted by atomic mass is 10.2. The molecule has 0 aliphatic rings. The zero-order valence-corrected chi connectivity index (χ0v) is 14.7. The van der Waals surface area contributed by atoms with Gasteiger partial charge < -0.3 is 5.11 Å². The molecule has 0 aliphatic heterocycles. The summed E-state index contributed by atoms with van der Waals surface area (Å²) < 4.78 is 0. The van der Waals surface area contributed by atoms with Crippen LogP contribution in [0.1, 0.15) is 58.3 Å². The predicted molar refractivity (Wildman–Crippen MR) is 105 cm³/mol. The molecular weight excluding hydrogens is 280 g/mol. The molecule has 0 bridgehead atoms. The fourth-order valence-corrected chi connectivity index (χ4v) is 1.85. The molecule has 0 saturated carbocycles. The van der Waals surface area contributed by atoms with Crippen molar-refractivity contribution < 1.29 is 5.11 Å². The molecule has 0 atom stereocenters. The van der Waals surface area contributed by atoms with E-state index >= 15 is 0 Å².